The van der Waals surface area contributed by atoms with Crippen molar-refractivity contribution in [2.75, 3.05) is 5.32 Å². The van der Waals surface area contributed by atoms with Gasteiger partial charge in [-0.2, -0.15) is 4.80 Å². The Morgan fingerprint density at radius 2 is 2.04 bits per heavy atom. The number of anilines is 1. The van der Waals surface area contributed by atoms with Crippen molar-refractivity contribution < 1.29 is 13.9 Å². The fourth-order valence-corrected chi connectivity index (χ4v) is 2.11. The molecule has 0 aliphatic heterocycles. The van der Waals surface area contributed by atoms with Gasteiger partial charge in [0, 0.05) is 5.69 Å². The van der Waals surface area contributed by atoms with Crippen molar-refractivity contribution in [2.45, 2.75) is 20.1 Å². The number of hydrogen-bond acceptors (Lipinski definition) is 5. The summed E-state index contributed by atoms with van der Waals surface area (Å²) >= 11 is 0. The number of tetrazole rings is 1. The standard InChI is InChI=1S/C17H16FN5O2/c1-12-7-8-13(18)9-15(12)19-17(24)10-23-21-16(20-22-23)11-25-14-5-3-2-4-6-14/h2-9H,10-11H2,1H3,(H,19,24). The number of halogens is 1. The Kier molecular flexibility index (Phi) is 4.98. The van der Waals surface area contributed by atoms with Crippen LogP contribution in [0.1, 0.15) is 11.4 Å². The molecule has 25 heavy (non-hydrogen) atoms. The molecule has 0 aliphatic carbocycles. The molecule has 1 heterocycles. The van der Waals surface area contributed by atoms with Crippen LogP contribution in [-0.4, -0.2) is 26.1 Å². The molecule has 0 saturated carbocycles. The summed E-state index contributed by atoms with van der Waals surface area (Å²) in [6, 6.07) is 13.4. The number of amides is 1. The molecule has 0 radical (unpaired) electrons. The average Bonchev–Trinajstić information content (AvgIpc) is 3.04. The van der Waals surface area contributed by atoms with E-state index in [1.54, 1.807) is 13.0 Å². The van der Waals surface area contributed by atoms with E-state index in [1.807, 2.05) is 30.3 Å². The molecule has 3 rings (SSSR count). The van der Waals surface area contributed by atoms with Gasteiger partial charge in [-0.15, -0.1) is 10.2 Å². The molecule has 0 unspecified atom stereocenters. The number of nitrogens with one attached hydrogen (secondary N) is 1. The zero-order valence-corrected chi connectivity index (χ0v) is 13.5. The van der Waals surface area contributed by atoms with Crippen molar-refractivity contribution in [3.63, 3.8) is 0 Å². The van der Waals surface area contributed by atoms with Crippen molar-refractivity contribution in [1.82, 2.24) is 20.2 Å². The highest BCUT2D eigenvalue weighted by Crippen LogP contribution is 2.15. The molecule has 0 fully saturated rings. The minimum Gasteiger partial charge on any atom is -0.485 e. The molecule has 1 N–H and O–H groups in total. The molecule has 0 spiro atoms. The third-order valence-electron chi connectivity index (χ3n) is 3.36. The van der Waals surface area contributed by atoms with Gasteiger partial charge in [-0.1, -0.05) is 24.3 Å². The monoisotopic (exact) mass is 341 g/mol. The molecule has 1 aromatic heterocycles. The Labute approximate surface area is 143 Å². The van der Waals surface area contributed by atoms with Crippen LogP contribution in [0, 0.1) is 12.7 Å². The third-order valence-corrected chi connectivity index (χ3v) is 3.36. The predicted molar refractivity (Wildman–Crippen MR) is 88.4 cm³/mol. The highest BCUT2D eigenvalue weighted by molar-refractivity contribution is 5.91. The number of carbonyl (C=O) groups excluding carboxylic acids is 1. The lowest BCUT2D eigenvalue weighted by Crippen LogP contribution is -2.21. The van der Waals surface area contributed by atoms with Crippen LogP contribution in [-0.2, 0) is 17.9 Å². The van der Waals surface area contributed by atoms with Gasteiger partial charge >= 0.3 is 0 Å². The molecule has 2 aromatic carbocycles. The van der Waals surface area contributed by atoms with Crippen molar-refractivity contribution in [3.05, 3.63) is 65.7 Å². The first-order chi connectivity index (χ1) is 12.1. The number of aryl methyl sites for hydroxylation is 1. The minimum absolute atomic E-state index is 0.131. The molecule has 0 saturated heterocycles. The Morgan fingerprint density at radius 3 is 2.84 bits per heavy atom. The average molecular weight is 341 g/mol. The lowest BCUT2D eigenvalue weighted by atomic mass is 10.2. The van der Waals surface area contributed by atoms with E-state index < -0.39 is 5.82 Å². The van der Waals surface area contributed by atoms with Gasteiger partial charge < -0.3 is 10.1 Å². The van der Waals surface area contributed by atoms with Crippen molar-refractivity contribution in [1.29, 1.82) is 0 Å². The molecule has 7 nitrogen and oxygen atoms in total. The first-order valence-corrected chi connectivity index (χ1v) is 7.61. The molecule has 0 bridgehead atoms. The third kappa shape index (κ3) is 4.60. The van der Waals surface area contributed by atoms with Crippen LogP contribution in [0.4, 0.5) is 10.1 Å². The van der Waals surface area contributed by atoms with E-state index in [9.17, 15) is 9.18 Å². The number of carbonyl (C=O) groups is 1. The summed E-state index contributed by atoms with van der Waals surface area (Å²) in [6.45, 7) is 1.80. The Morgan fingerprint density at radius 1 is 1.24 bits per heavy atom. The molecule has 3 aromatic rings. The largest absolute Gasteiger partial charge is 0.485 e. The summed E-state index contributed by atoms with van der Waals surface area (Å²) in [7, 11) is 0. The van der Waals surface area contributed by atoms with Crippen LogP contribution < -0.4 is 10.1 Å². The van der Waals surface area contributed by atoms with Crippen LogP contribution in [0.15, 0.2) is 48.5 Å². The Hall–Kier alpha value is -3.29. The summed E-state index contributed by atoms with van der Waals surface area (Å²) in [5, 5.41) is 14.4. The second kappa shape index (κ2) is 7.52. The topological polar surface area (TPSA) is 81.9 Å². The lowest BCUT2D eigenvalue weighted by Gasteiger charge is -2.07. The number of nitrogens with zero attached hydrogens (tertiary/aromatic N) is 4. The smallest absolute Gasteiger partial charge is 0.248 e. The molecule has 0 aliphatic rings. The molecular weight excluding hydrogens is 325 g/mol. The molecule has 0 atom stereocenters. The maximum Gasteiger partial charge on any atom is 0.248 e. The van der Waals surface area contributed by atoms with Crippen LogP contribution in [0.3, 0.4) is 0 Å². The number of benzene rings is 2. The molecule has 8 heteroatoms. The van der Waals surface area contributed by atoms with Gasteiger partial charge in [0.25, 0.3) is 0 Å². The van der Waals surface area contributed by atoms with Gasteiger partial charge in [0.15, 0.2) is 6.61 Å². The minimum atomic E-state index is -0.417. The second-order valence-electron chi connectivity index (χ2n) is 5.35. The van der Waals surface area contributed by atoms with Crippen molar-refractivity contribution in [2.24, 2.45) is 0 Å². The van der Waals surface area contributed by atoms with Crippen LogP contribution in [0.2, 0.25) is 0 Å². The van der Waals surface area contributed by atoms with Crippen LogP contribution >= 0.6 is 0 Å². The van der Waals surface area contributed by atoms with E-state index in [1.165, 1.54) is 12.1 Å². The van der Waals surface area contributed by atoms with Gasteiger partial charge in [-0.25, -0.2) is 4.39 Å². The number of ether oxygens (including phenoxy) is 1. The van der Waals surface area contributed by atoms with Gasteiger partial charge in [-0.3, -0.25) is 4.79 Å². The predicted octanol–water partition coefficient (Wildman–Crippen LogP) is 2.34. The van der Waals surface area contributed by atoms with E-state index in [0.717, 1.165) is 10.4 Å². The van der Waals surface area contributed by atoms with Gasteiger partial charge in [-0.05, 0) is 42.0 Å². The van der Waals surface area contributed by atoms with E-state index in [-0.39, 0.29) is 19.1 Å². The van der Waals surface area contributed by atoms with Gasteiger partial charge in [0.2, 0.25) is 11.7 Å². The van der Waals surface area contributed by atoms with Crippen LogP contribution in [0.5, 0.6) is 5.75 Å². The Bertz CT molecular complexity index is 866. The summed E-state index contributed by atoms with van der Waals surface area (Å²) in [5.41, 5.74) is 1.18. The maximum absolute atomic E-state index is 13.2. The highest BCUT2D eigenvalue weighted by atomic mass is 19.1. The number of para-hydroxylation sites is 1. The summed E-state index contributed by atoms with van der Waals surface area (Å²) < 4.78 is 18.8. The summed E-state index contributed by atoms with van der Waals surface area (Å²) in [5.74, 6) is 0.263. The first kappa shape index (κ1) is 16.6. The summed E-state index contributed by atoms with van der Waals surface area (Å²) in [4.78, 5) is 13.2. The van der Waals surface area contributed by atoms with Crippen LogP contribution in [0.25, 0.3) is 0 Å². The van der Waals surface area contributed by atoms with E-state index in [2.05, 4.69) is 20.7 Å². The van der Waals surface area contributed by atoms with E-state index in [0.29, 0.717) is 17.3 Å². The fraction of sp³-hybridized carbons (Fsp3) is 0.176. The molecular formula is C17H16FN5O2. The van der Waals surface area contributed by atoms with E-state index >= 15 is 0 Å². The Balaban J connectivity index is 1.55. The zero-order valence-electron chi connectivity index (χ0n) is 13.5. The number of hydrogen-bond donors (Lipinski definition) is 1. The molecule has 1 amide bonds. The highest BCUT2D eigenvalue weighted by Gasteiger charge is 2.10. The lowest BCUT2D eigenvalue weighted by molar-refractivity contribution is -0.117. The number of aromatic nitrogens is 4. The quantitative estimate of drug-likeness (QED) is 0.744. The van der Waals surface area contributed by atoms with Gasteiger partial charge in [0.1, 0.15) is 18.1 Å². The second-order valence-corrected chi connectivity index (χ2v) is 5.35. The maximum atomic E-state index is 13.2. The number of rotatable bonds is 6. The first-order valence-electron chi connectivity index (χ1n) is 7.61. The fourth-order valence-electron chi connectivity index (χ4n) is 2.11. The zero-order chi connectivity index (χ0) is 17.6. The molecule has 128 valence electrons. The SMILES string of the molecule is Cc1ccc(F)cc1NC(=O)Cn1nnc(COc2ccccc2)n1. The summed E-state index contributed by atoms with van der Waals surface area (Å²) in [6.07, 6.45) is 0. The van der Waals surface area contributed by atoms with Gasteiger partial charge in [0.05, 0.1) is 0 Å². The van der Waals surface area contributed by atoms with E-state index in [4.69, 9.17) is 4.74 Å². The normalized spacial score (nSPS) is 10.5. The van der Waals surface area contributed by atoms with Crippen molar-refractivity contribution >= 4 is 11.6 Å². The van der Waals surface area contributed by atoms with Crippen molar-refractivity contribution in [3.8, 4) is 5.75 Å².